The van der Waals surface area contributed by atoms with Crippen molar-refractivity contribution in [1.82, 2.24) is 10.3 Å². The zero-order chi connectivity index (χ0) is 19.4. The molecule has 0 radical (unpaired) electrons. The first-order chi connectivity index (χ1) is 13.0. The highest BCUT2D eigenvalue weighted by atomic mass is 16.5. The summed E-state index contributed by atoms with van der Waals surface area (Å²) in [6, 6.07) is 14.3. The summed E-state index contributed by atoms with van der Waals surface area (Å²) in [5, 5.41) is 3.58. The number of carbonyl (C=O) groups excluding carboxylic acids is 2. The summed E-state index contributed by atoms with van der Waals surface area (Å²) in [5.41, 5.74) is 4.40. The smallest absolute Gasteiger partial charge is 0.328 e. The Balaban J connectivity index is 1.90. The number of nitrogens with one attached hydrogen (secondary N) is 1. The van der Waals surface area contributed by atoms with Crippen molar-refractivity contribution in [3.63, 3.8) is 0 Å². The van der Waals surface area contributed by atoms with Crippen molar-refractivity contribution < 1.29 is 14.3 Å². The van der Waals surface area contributed by atoms with Gasteiger partial charge < -0.3 is 10.1 Å². The second kappa shape index (κ2) is 7.99. The van der Waals surface area contributed by atoms with Crippen LogP contribution >= 0.6 is 0 Å². The van der Waals surface area contributed by atoms with Crippen LogP contribution in [0.25, 0.3) is 10.9 Å². The van der Waals surface area contributed by atoms with E-state index in [-0.39, 0.29) is 5.91 Å². The molecule has 1 heterocycles. The third kappa shape index (κ3) is 3.97. The Bertz CT molecular complexity index is 972. The predicted molar refractivity (Wildman–Crippen MR) is 105 cm³/mol. The van der Waals surface area contributed by atoms with Crippen LogP contribution in [0.4, 0.5) is 0 Å². The summed E-state index contributed by atoms with van der Waals surface area (Å²) < 4.78 is 4.92. The molecule has 1 atom stereocenters. The Hall–Kier alpha value is -3.21. The number of benzene rings is 2. The highest BCUT2D eigenvalue weighted by Crippen LogP contribution is 2.18. The number of amides is 1. The van der Waals surface area contributed by atoms with Gasteiger partial charge in [-0.05, 0) is 42.7 Å². The summed E-state index contributed by atoms with van der Waals surface area (Å²) in [5.74, 6) is -0.792. The van der Waals surface area contributed by atoms with Crippen molar-refractivity contribution in [2.24, 2.45) is 0 Å². The number of carbonyl (C=O) groups is 2. The first kappa shape index (κ1) is 18.6. The zero-order valence-electron chi connectivity index (χ0n) is 15.7. The molecular weight excluding hydrogens is 340 g/mol. The van der Waals surface area contributed by atoms with E-state index >= 15 is 0 Å². The van der Waals surface area contributed by atoms with Crippen molar-refractivity contribution in [3.8, 4) is 0 Å². The first-order valence-electron chi connectivity index (χ1n) is 8.78. The highest BCUT2D eigenvalue weighted by molar-refractivity contribution is 6.07. The molecule has 1 N–H and O–H groups in total. The van der Waals surface area contributed by atoms with Crippen molar-refractivity contribution in [2.75, 3.05) is 7.11 Å². The Morgan fingerprint density at radius 3 is 2.44 bits per heavy atom. The topological polar surface area (TPSA) is 68.3 Å². The number of pyridine rings is 1. The van der Waals surface area contributed by atoms with Crippen LogP contribution in [-0.4, -0.2) is 30.0 Å². The second-order valence-electron chi connectivity index (χ2n) is 6.50. The van der Waals surface area contributed by atoms with E-state index in [9.17, 15) is 9.59 Å². The number of para-hydroxylation sites is 1. The van der Waals surface area contributed by atoms with Crippen LogP contribution in [-0.2, 0) is 16.0 Å². The van der Waals surface area contributed by atoms with Gasteiger partial charge in [-0.2, -0.15) is 0 Å². The lowest BCUT2D eigenvalue weighted by atomic mass is 9.96. The Morgan fingerprint density at radius 1 is 1.04 bits per heavy atom. The number of aromatic nitrogens is 1. The van der Waals surface area contributed by atoms with Gasteiger partial charge in [0.2, 0.25) is 0 Å². The van der Waals surface area contributed by atoms with Gasteiger partial charge in [0.05, 0.1) is 18.2 Å². The summed E-state index contributed by atoms with van der Waals surface area (Å²) >= 11 is 0. The number of ether oxygens (including phenoxy) is 1. The summed E-state index contributed by atoms with van der Waals surface area (Å²) in [6.07, 6.45) is 1.97. The molecule has 0 aliphatic carbocycles. The molecule has 0 unspecified atom stereocenters. The van der Waals surface area contributed by atoms with E-state index in [0.717, 1.165) is 27.6 Å². The number of hydrogen-bond acceptors (Lipinski definition) is 4. The molecule has 0 saturated heterocycles. The zero-order valence-corrected chi connectivity index (χ0v) is 15.7. The number of rotatable bonds is 5. The maximum atomic E-state index is 12.9. The Morgan fingerprint density at radius 2 is 1.74 bits per heavy atom. The van der Waals surface area contributed by atoms with Crippen LogP contribution in [0.2, 0.25) is 0 Å². The third-order valence-corrected chi connectivity index (χ3v) is 4.74. The van der Waals surface area contributed by atoms with Crippen molar-refractivity contribution in [3.05, 3.63) is 77.0 Å². The second-order valence-corrected chi connectivity index (χ2v) is 6.50. The molecule has 3 aromatic rings. The van der Waals surface area contributed by atoms with E-state index < -0.39 is 12.0 Å². The Labute approximate surface area is 158 Å². The van der Waals surface area contributed by atoms with Gasteiger partial charge in [-0.15, -0.1) is 0 Å². The number of methoxy groups -OCH3 is 1. The molecule has 1 amide bonds. The average Bonchev–Trinajstić information content (AvgIpc) is 2.68. The quantitative estimate of drug-likeness (QED) is 0.707. The number of hydrogen-bond donors (Lipinski definition) is 1. The van der Waals surface area contributed by atoms with Gasteiger partial charge in [0.15, 0.2) is 0 Å². The van der Waals surface area contributed by atoms with Crippen molar-refractivity contribution in [2.45, 2.75) is 26.3 Å². The van der Waals surface area contributed by atoms with Gasteiger partial charge in [0.1, 0.15) is 6.04 Å². The van der Waals surface area contributed by atoms with Crippen LogP contribution < -0.4 is 5.32 Å². The minimum Gasteiger partial charge on any atom is -0.467 e. The molecule has 0 bridgehead atoms. The molecule has 0 saturated carbocycles. The van der Waals surface area contributed by atoms with Crippen LogP contribution in [0, 0.1) is 13.8 Å². The molecule has 27 heavy (non-hydrogen) atoms. The van der Waals surface area contributed by atoms with E-state index in [1.54, 1.807) is 12.3 Å². The predicted octanol–water partition coefficient (Wildman–Crippen LogP) is 3.37. The van der Waals surface area contributed by atoms with Gasteiger partial charge in [-0.25, -0.2) is 4.79 Å². The highest BCUT2D eigenvalue weighted by Gasteiger charge is 2.24. The molecule has 5 nitrogen and oxygen atoms in total. The van der Waals surface area contributed by atoms with Gasteiger partial charge in [-0.3, -0.25) is 9.78 Å². The monoisotopic (exact) mass is 362 g/mol. The van der Waals surface area contributed by atoms with Crippen molar-refractivity contribution >= 4 is 22.8 Å². The van der Waals surface area contributed by atoms with Gasteiger partial charge in [0.25, 0.3) is 5.91 Å². The van der Waals surface area contributed by atoms with E-state index in [4.69, 9.17) is 4.74 Å². The van der Waals surface area contributed by atoms with Gasteiger partial charge >= 0.3 is 5.97 Å². The molecule has 5 heteroatoms. The number of nitrogens with zero attached hydrogens (tertiary/aromatic N) is 1. The van der Waals surface area contributed by atoms with Gasteiger partial charge in [0, 0.05) is 18.0 Å². The number of esters is 1. The molecule has 138 valence electrons. The molecule has 2 aromatic carbocycles. The molecule has 1 aromatic heterocycles. The standard InChI is InChI=1S/C22H22N2O3/c1-14-7-6-8-15(2)18(14)13-20(22(26)27-3)24-21(25)17-11-12-23-19-10-5-4-9-16(17)19/h4-12,20H,13H2,1-3H3,(H,24,25)/t20-/m0/s1. The third-order valence-electron chi connectivity index (χ3n) is 4.74. The fraction of sp³-hybridized carbons (Fsp3) is 0.227. The minimum absolute atomic E-state index is 0.324. The largest absolute Gasteiger partial charge is 0.467 e. The summed E-state index contributed by atoms with van der Waals surface area (Å²) in [4.78, 5) is 29.5. The summed E-state index contributed by atoms with van der Waals surface area (Å²) in [7, 11) is 1.33. The summed E-state index contributed by atoms with van der Waals surface area (Å²) in [6.45, 7) is 3.99. The SMILES string of the molecule is COC(=O)[C@H](Cc1c(C)cccc1C)NC(=O)c1ccnc2ccccc12. The maximum absolute atomic E-state index is 12.9. The first-order valence-corrected chi connectivity index (χ1v) is 8.78. The number of aryl methyl sites for hydroxylation is 2. The molecule has 0 spiro atoms. The Kier molecular flexibility index (Phi) is 5.50. The normalized spacial score (nSPS) is 11.8. The number of fused-ring (bicyclic) bond motifs is 1. The molecular formula is C22H22N2O3. The molecule has 3 rings (SSSR count). The van der Waals surface area contributed by atoms with Gasteiger partial charge in [-0.1, -0.05) is 36.4 Å². The van der Waals surface area contributed by atoms with Crippen LogP contribution in [0.3, 0.4) is 0 Å². The molecule has 0 aliphatic heterocycles. The van der Waals surface area contributed by atoms with Crippen LogP contribution in [0.1, 0.15) is 27.0 Å². The fourth-order valence-electron chi connectivity index (χ4n) is 3.24. The lowest BCUT2D eigenvalue weighted by Crippen LogP contribution is -2.43. The van der Waals surface area contributed by atoms with Crippen molar-refractivity contribution in [1.29, 1.82) is 0 Å². The average molecular weight is 362 g/mol. The van der Waals surface area contributed by atoms with E-state index in [0.29, 0.717) is 12.0 Å². The van der Waals surface area contributed by atoms with E-state index in [1.165, 1.54) is 7.11 Å². The fourth-order valence-corrected chi connectivity index (χ4v) is 3.24. The lowest BCUT2D eigenvalue weighted by molar-refractivity contribution is -0.142. The van der Waals surface area contributed by atoms with Crippen LogP contribution in [0.5, 0.6) is 0 Å². The minimum atomic E-state index is -0.769. The van der Waals surface area contributed by atoms with E-state index in [1.807, 2.05) is 56.3 Å². The molecule has 0 aliphatic rings. The maximum Gasteiger partial charge on any atom is 0.328 e. The molecule has 0 fully saturated rings. The van der Waals surface area contributed by atoms with Crippen LogP contribution in [0.15, 0.2) is 54.7 Å². The van der Waals surface area contributed by atoms with E-state index in [2.05, 4.69) is 10.3 Å². The lowest BCUT2D eigenvalue weighted by Gasteiger charge is -2.19.